The Morgan fingerprint density at radius 1 is 1.18 bits per heavy atom. The lowest BCUT2D eigenvalue weighted by atomic mass is 9.80. The van der Waals surface area contributed by atoms with Crippen molar-refractivity contribution in [3.63, 3.8) is 0 Å². The van der Waals surface area contributed by atoms with Crippen LogP contribution in [0.4, 0.5) is 0 Å². The quantitative estimate of drug-likeness (QED) is 0.691. The molecule has 0 amide bonds. The highest BCUT2D eigenvalue weighted by Crippen LogP contribution is 2.28. The van der Waals surface area contributed by atoms with Crippen molar-refractivity contribution in [2.24, 2.45) is 11.8 Å². The van der Waals surface area contributed by atoms with Crippen molar-refractivity contribution < 1.29 is 4.74 Å². The monoisotopic (exact) mass is 242 g/mol. The first-order valence-electron chi connectivity index (χ1n) is 7.05. The van der Waals surface area contributed by atoms with E-state index in [-0.39, 0.29) is 0 Å². The first-order chi connectivity index (χ1) is 8.09. The maximum atomic E-state index is 5.59. The van der Waals surface area contributed by atoms with Crippen molar-refractivity contribution >= 4 is 0 Å². The largest absolute Gasteiger partial charge is 0.379 e. The van der Waals surface area contributed by atoms with Gasteiger partial charge in [0.15, 0.2) is 0 Å². The van der Waals surface area contributed by atoms with E-state index in [2.05, 4.69) is 38.2 Å². The van der Waals surface area contributed by atoms with Crippen LogP contribution in [0.5, 0.6) is 0 Å². The summed E-state index contributed by atoms with van der Waals surface area (Å²) in [6, 6.07) is 0.712. The van der Waals surface area contributed by atoms with Crippen molar-refractivity contribution in [1.82, 2.24) is 10.2 Å². The van der Waals surface area contributed by atoms with E-state index in [1.165, 1.54) is 19.3 Å². The molecule has 1 rings (SSSR count). The maximum absolute atomic E-state index is 5.59. The van der Waals surface area contributed by atoms with E-state index in [0.29, 0.717) is 6.04 Å². The van der Waals surface area contributed by atoms with Gasteiger partial charge in [0.2, 0.25) is 0 Å². The molecule has 1 saturated carbocycles. The molecule has 0 radical (unpaired) electrons. The van der Waals surface area contributed by atoms with E-state index in [9.17, 15) is 0 Å². The van der Waals surface area contributed by atoms with Gasteiger partial charge in [0.25, 0.3) is 0 Å². The van der Waals surface area contributed by atoms with Gasteiger partial charge in [0, 0.05) is 19.1 Å². The summed E-state index contributed by atoms with van der Waals surface area (Å²) in [5, 5.41) is 3.64. The molecule has 0 bridgehead atoms. The van der Waals surface area contributed by atoms with Crippen LogP contribution in [0.1, 0.15) is 33.1 Å². The smallest absolute Gasteiger partial charge is 0.0593 e. The van der Waals surface area contributed by atoms with Crippen molar-refractivity contribution in [3.05, 3.63) is 0 Å². The summed E-state index contributed by atoms with van der Waals surface area (Å²) in [4.78, 5) is 2.15. The number of hydrogen-bond donors (Lipinski definition) is 1. The molecule has 3 unspecified atom stereocenters. The molecule has 0 saturated heterocycles. The lowest BCUT2D eigenvalue weighted by molar-refractivity contribution is 0.112. The van der Waals surface area contributed by atoms with Crippen LogP contribution in [0.3, 0.4) is 0 Å². The van der Waals surface area contributed by atoms with Crippen molar-refractivity contribution in [2.75, 3.05) is 40.4 Å². The summed E-state index contributed by atoms with van der Waals surface area (Å²) in [6.07, 6.45) is 4.09. The Morgan fingerprint density at radius 2 is 1.94 bits per heavy atom. The molecule has 1 N–H and O–H groups in total. The van der Waals surface area contributed by atoms with Crippen LogP contribution >= 0.6 is 0 Å². The summed E-state index contributed by atoms with van der Waals surface area (Å²) in [5.41, 5.74) is 0. The lowest BCUT2D eigenvalue weighted by Gasteiger charge is -2.33. The van der Waals surface area contributed by atoms with Crippen molar-refractivity contribution in [1.29, 1.82) is 0 Å². The minimum Gasteiger partial charge on any atom is -0.379 e. The van der Waals surface area contributed by atoms with E-state index in [0.717, 1.165) is 38.1 Å². The van der Waals surface area contributed by atoms with Gasteiger partial charge in [0.05, 0.1) is 13.2 Å². The van der Waals surface area contributed by atoms with E-state index >= 15 is 0 Å². The van der Waals surface area contributed by atoms with Gasteiger partial charge in [0.1, 0.15) is 0 Å². The zero-order valence-electron chi connectivity index (χ0n) is 12.0. The normalized spacial score (nSPS) is 29.8. The van der Waals surface area contributed by atoms with Crippen molar-refractivity contribution in [2.45, 2.75) is 39.2 Å². The topological polar surface area (TPSA) is 24.5 Å². The average molecular weight is 242 g/mol. The van der Waals surface area contributed by atoms with Crippen molar-refractivity contribution in [3.8, 4) is 0 Å². The second-order valence-corrected chi connectivity index (χ2v) is 5.87. The molecule has 0 heterocycles. The first kappa shape index (κ1) is 14.9. The highest BCUT2D eigenvalue weighted by Gasteiger charge is 2.24. The second kappa shape index (κ2) is 8.06. The molecule has 102 valence electrons. The number of hydrogen-bond acceptors (Lipinski definition) is 3. The van der Waals surface area contributed by atoms with E-state index < -0.39 is 0 Å². The summed E-state index contributed by atoms with van der Waals surface area (Å²) >= 11 is 0. The average Bonchev–Trinajstić information content (AvgIpc) is 2.25. The van der Waals surface area contributed by atoms with Gasteiger partial charge < -0.3 is 15.0 Å². The molecule has 17 heavy (non-hydrogen) atoms. The minimum atomic E-state index is 0.712. The summed E-state index contributed by atoms with van der Waals surface area (Å²) in [7, 11) is 4.15. The summed E-state index contributed by atoms with van der Waals surface area (Å²) < 4.78 is 5.59. The van der Waals surface area contributed by atoms with Gasteiger partial charge in [-0.2, -0.15) is 0 Å². The Bertz CT molecular complexity index is 197. The molecule has 1 fully saturated rings. The zero-order valence-corrected chi connectivity index (χ0v) is 12.0. The third-order valence-electron chi connectivity index (χ3n) is 3.77. The van der Waals surface area contributed by atoms with Gasteiger partial charge in [-0.15, -0.1) is 0 Å². The zero-order chi connectivity index (χ0) is 12.7. The molecule has 1 aliphatic rings. The molecule has 0 aliphatic heterocycles. The Kier molecular flexibility index (Phi) is 7.09. The van der Waals surface area contributed by atoms with Crippen LogP contribution in [0, 0.1) is 11.8 Å². The molecular weight excluding hydrogens is 212 g/mol. The highest BCUT2D eigenvalue weighted by molar-refractivity contribution is 4.80. The number of nitrogens with one attached hydrogen (secondary N) is 1. The summed E-state index contributed by atoms with van der Waals surface area (Å²) in [5.74, 6) is 1.74. The molecule has 0 aromatic heterocycles. The Hall–Kier alpha value is -0.120. The van der Waals surface area contributed by atoms with Gasteiger partial charge in [-0.3, -0.25) is 0 Å². The lowest BCUT2D eigenvalue weighted by Crippen LogP contribution is -2.40. The van der Waals surface area contributed by atoms with E-state index in [1.807, 2.05) is 0 Å². The number of nitrogens with zero attached hydrogens (tertiary/aromatic N) is 1. The highest BCUT2D eigenvalue weighted by atomic mass is 16.5. The fraction of sp³-hybridized carbons (Fsp3) is 1.00. The molecule has 0 spiro atoms. The van der Waals surface area contributed by atoms with Crippen LogP contribution in [-0.4, -0.2) is 51.3 Å². The number of ether oxygens (including phenoxy) is 1. The van der Waals surface area contributed by atoms with Crippen LogP contribution in [0.15, 0.2) is 0 Å². The van der Waals surface area contributed by atoms with Gasteiger partial charge in [-0.05, 0) is 45.2 Å². The minimum absolute atomic E-state index is 0.712. The predicted molar refractivity (Wildman–Crippen MR) is 73.3 cm³/mol. The molecule has 0 aromatic carbocycles. The van der Waals surface area contributed by atoms with Gasteiger partial charge in [-0.25, -0.2) is 0 Å². The first-order valence-corrected chi connectivity index (χ1v) is 7.05. The third kappa shape index (κ3) is 6.39. The SMILES string of the molecule is CC1CCC(NCCOCCN(C)C)C(C)C1. The molecule has 1 aliphatic carbocycles. The number of likely N-dealkylation sites (N-methyl/N-ethyl adjacent to an activating group) is 1. The van der Waals surface area contributed by atoms with Gasteiger partial charge in [-0.1, -0.05) is 13.8 Å². The van der Waals surface area contributed by atoms with Crippen LogP contribution in [-0.2, 0) is 4.74 Å². The molecular formula is C14H30N2O. The van der Waals surface area contributed by atoms with Gasteiger partial charge >= 0.3 is 0 Å². The van der Waals surface area contributed by atoms with E-state index in [4.69, 9.17) is 4.74 Å². The fourth-order valence-corrected chi connectivity index (χ4v) is 2.63. The Balaban J connectivity index is 1.99. The second-order valence-electron chi connectivity index (χ2n) is 5.87. The molecule has 3 atom stereocenters. The van der Waals surface area contributed by atoms with E-state index in [1.54, 1.807) is 0 Å². The Morgan fingerprint density at radius 3 is 2.59 bits per heavy atom. The third-order valence-corrected chi connectivity index (χ3v) is 3.77. The number of rotatable bonds is 7. The Labute approximate surface area is 107 Å². The predicted octanol–water partition coefficient (Wildman–Crippen LogP) is 1.98. The molecule has 3 nitrogen and oxygen atoms in total. The molecule has 3 heteroatoms. The molecule has 0 aromatic rings. The fourth-order valence-electron chi connectivity index (χ4n) is 2.63. The van der Waals surface area contributed by atoms with Crippen LogP contribution in [0.25, 0.3) is 0 Å². The summed E-state index contributed by atoms with van der Waals surface area (Å²) in [6.45, 7) is 8.43. The van der Waals surface area contributed by atoms with Crippen LogP contribution in [0.2, 0.25) is 0 Å². The maximum Gasteiger partial charge on any atom is 0.0593 e. The standard InChI is InChI=1S/C14H30N2O/c1-12-5-6-14(13(2)11-12)15-7-9-17-10-8-16(3)4/h12-15H,5-11H2,1-4H3. The van der Waals surface area contributed by atoms with Crippen LogP contribution < -0.4 is 5.32 Å².